The molecule has 19 heavy (non-hydrogen) atoms. The number of hydrogen-bond acceptors (Lipinski definition) is 1. The van der Waals surface area contributed by atoms with Gasteiger partial charge in [0, 0.05) is 19.0 Å². The number of hydrogen-bond donors (Lipinski definition) is 0. The minimum Gasteiger partial charge on any atom is -0.342 e. The van der Waals surface area contributed by atoms with Crippen LogP contribution in [0.3, 0.4) is 0 Å². The summed E-state index contributed by atoms with van der Waals surface area (Å²) in [6, 6.07) is 0. The second kappa shape index (κ2) is 12.5. The van der Waals surface area contributed by atoms with Crippen molar-refractivity contribution in [3.63, 3.8) is 0 Å². The topological polar surface area (TPSA) is 20.3 Å². The van der Waals surface area contributed by atoms with Crippen LogP contribution >= 0.6 is 0 Å². The minimum absolute atomic E-state index is 0.192. The summed E-state index contributed by atoms with van der Waals surface area (Å²) in [5.41, 5.74) is 0. The van der Waals surface area contributed by atoms with Crippen LogP contribution in [0.5, 0.6) is 0 Å². The fraction of sp³-hybridized carbons (Fsp3) is 0.941. The van der Waals surface area contributed by atoms with Crippen LogP contribution in [0.4, 0.5) is 0 Å². The Hall–Kier alpha value is -0.530. The van der Waals surface area contributed by atoms with Gasteiger partial charge in [-0.2, -0.15) is 0 Å². The molecule has 114 valence electrons. The average molecular weight is 269 g/mol. The third kappa shape index (κ3) is 9.07. The lowest BCUT2D eigenvalue weighted by molar-refractivity contribution is -0.135. The van der Waals surface area contributed by atoms with Crippen molar-refractivity contribution in [1.82, 2.24) is 4.90 Å². The van der Waals surface area contributed by atoms with E-state index < -0.39 is 0 Å². The summed E-state index contributed by atoms with van der Waals surface area (Å²) in [6.07, 6.45) is 10.9. The predicted octanol–water partition coefficient (Wildman–Crippen LogP) is 5.02. The molecular weight excluding hydrogens is 234 g/mol. The molecule has 1 amide bonds. The predicted molar refractivity (Wildman–Crippen MR) is 84.3 cm³/mol. The first kappa shape index (κ1) is 18.5. The number of carbonyl (C=O) groups excluding carboxylic acids is 1. The molecular formula is C17H35NO. The molecule has 0 aromatic heterocycles. The zero-order valence-corrected chi connectivity index (χ0v) is 13.7. The van der Waals surface area contributed by atoms with Gasteiger partial charge in [0.15, 0.2) is 0 Å². The largest absolute Gasteiger partial charge is 0.342 e. The van der Waals surface area contributed by atoms with Crippen molar-refractivity contribution in [2.24, 2.45) is 5.92 Å². The molecule has 1 atom stereocenters. The summed E-state index contributed by atoms with van der Waals surface area (Å²) >= 11 is 0. The monoisotopic (exact) mass is 269 g/mol. The maximum absolute atomic E-state index is 12.3. The second-order valence-corrected chi connectivity index (χ2v) is 5.76. The number of nitrogens with zero attached hydrogens (tertiary/aromatic N) is 1. The summed E-state index contributed by atoms with van der Waals surface area (Å²) in [5.74, 6) is 0.563. The SMILES string of the molecule is CCCCCCN(CCCCCC)C(=O)C(C)CC. The van der Waals surface area contributed by atoms with Crippen LogP contribution in [0.1, 0.15) is 85.5 Å². The van der Waals surface area contributed by atoms with Crippen molar-refractivity contribution in [2.75, 3.05) is 13.1 Å². The minimum atomic E-state index is 0.192. The van der Waals surface area contributed by atoms with E-state index >= 15 is 0 Å². The highest BCUT2D eigenvalue weighted by Crippen LogP contribution is 2.11. The highest BCUT2D eigenvalue weighted by molar-refractivity contribution is 5.78. The highest BCUT2D eigenvalue weighted by Gasteiger charge is 2.18. The first-order valence-corrected chi connectivity index (χ1v) is 8.46. The van der Waals surface area contributed by atoms with E-state index in [9.17, 15) is 4.79 Å². The fourth-order valence-electron chi connectivity index (χ4n) is 2.28. The average Bonchev–Trinajstić information content (AvgIpc) is 2.44. The van der Waals surface area contributed by atoms with E-state index in [2.05, 4.69) is 32.6 Å². The Labute approximate surface area is 120 Å². The number of rotatable bonds is 12. The summed E-state index contributed by atoms with van der Waals surface area (Å²) in [7, 11) is 0. The van der Waals surface area contributed by atoms with Crippen LogP contribution in [0.25, 0.3) is 0 Å². The Balaban J connectivity index is 4.09. The van der Waals surface area contributed by atoms with Crippen molar-refractivity contribution in [2.45, 2.75) is 85.5 Å². The first-order chi connectivity index (χ1) is 9.17. The molecule has 0 aliphatic heterocycles. The Kier molecular flexibility index (Phi) is 12.2. The third-order valence-electron chi connectivity index (χ3n) is 3.91. The summed E-state index contributed by atoms with van der Waals surface area (Å²) in [6.45, 7) is 10.6. The standard InChI is InChI=1S/C17H35NO/c1-5-8-10-12-14-18(15-13-11-9-6-2)17(19)16(4)7-3/h16H,5-15H2,1-4H3. The van der Waals surface area contributed by atoms with Crippen molar-refractivity contribution in [3.8, 4) is 0 Å². The van der Waals surface area contributed by atoms with Gasteiger partial charge in [0.1, 0.15) is 0 Å². The van der Waals surface area contributed by atoms with Crippen LogP contribution in [0, 0.1) is 5.92 Å². The van der Waals surface area contributed by atoms with Crippen molar-refractivity contribution < 1.29 is 4.79 Å². The maximum Gasteiger partial charge on any atom is 0.225 e. The van der Waals surface area contributed by atoms with E-state index in [-0.39, 0.29) is 5.92 Å². The third-order valence-corrected chi connectivity index (χ3v) is 3.91. The van der Waals surface area contributed by atoms with Crippen LogP contribution in [-0.2, 0) is 4.79 Å². The Morgan fingerprint density at radius 3 is 1.68 bits per heavy atom. The molecule has 0 saturated heterocycles. The van der Waals surface area contributed by atoms with Crippen molar-refractivity contribution in [3.05, 3.63) is 0 Å². The van der Waals surface area contributed by atoms with Gasteiger partial charge < -0.3 is 4.90 Å². The van der Waals surface area contributed by atoms with Crippen molar-refractivity contribution >= 4 is 5.91 Å². The normalized spacial score (nSPS) is 12.4. The summed E-state index contributed by atoms with van der Waals surface area (Å²) in [4.78, 5) is 14.5. The van der Waals surface area contributed by atoms with Gasteiger partial charge >= 0.3 is 0 Å². The molecule has 1 unspecified atom stereocenters. The summed E-state index contributed by atoms with van der Waals surface area (Å²) < 4.78 is 0. The molecule has 2 heteroatoms. The van der Waals surface area contributed by atoms with Gasteiger partial charge in [-0.05, 0) is 19.3 Å². The van der Waals surface area contributed by atoms with Crippen LogP contribution in [-0.4, -0.2) is 23.9 Å². The lowest BCUT2D eigenvalue weighted by atomic mass is 10.1. The zero-order chi connectivity index (χ0) is 14.5. The Morgan fingerprint density at radius 1 is 0.842 bits per heavy atom. The Bertz CT molecular complexity index is 203. The molecule has 0 radical (unpaired) electrons. The van der Waals surface area contributed by atoms with Gasteiger partial charge in [0.2, 0.25) is 5.91 Å². The first-order valence-electron chi connectivity index (χ1n) is 8.46. The van der Waals surface area contributed by atoms with Gasteiger partial charge in [0.05, 0.1) is 0 Å². The molecule has 0 spiro atoms. The molecule has 0 rings (SSSR count). The maximum atomic E-state index is 12.3. The molecule has 0 bridgehead atoms. The second-order valence-electron chi connectivity index (χ2n) is 5.76. The van der Waals surface area contributed by atoms with Crippen LogP contribution < -0.4 is 0 Å². The van der Waals surface area contributed by atoms with E-state index in [0.29, 0.717) is 5.91 Å². The number of unbranched alkanes of at least 4 members (excludes halogenated alkanes) is 6. The van der Waals surface area contributed by atoms with E-state index in [1.165, 1.54) is 51.4 Å². The molecule has 0 fully saturated rings. The van der Waals surface area contributed by atoms with Gasteiger partial charge in [-0.15, -0.1) is 0 Å². The molecule has 0 aromatic rings. The van der Waals surface area contributed by atoms with E-state index in [1.54, 1.807) is 0 Å². The van der Waals surface area contributed by atoms with Crippen LogP contribution in [0.2, 0.25) is 0 Å². The smallest absolute Gasteiger partial charge is 0.225 e. The lowest BCUT2D eigenvalue weighted by Crippen LogP contribution is -2.36. The molecule has 0 aliphatic rings. The molecule has 2 nitrogen and oxygen atoms in total. The van der Waals surface area contributed by atoms with E-state index in [1.807, 2.05) is 0 Å². The zero-order valence-electron chi connectivity index (χ0n) is 13.7. The molecule has 0 aliphatic carbocycles. The molecule has 0 heterocycles. The molecule has 0 saturated carbocycles. The summed E-state index contributed by atoms with van der Waals surface area (Å²) in [5, 5.41) is 0. The molecule has 0 N–H and O–H groups in total. The van der Waals surface area contributed by atoms with E-state index in [0.717, 1.165) is 19.5 Å². The van der Waals surface area contributed by atoms with Gasteiger partial charge in [-0.1, -0.05) is 66.2 Å². The Morgan fingerprint density at radius 2 is 1.32 bits per heavy atom. The van der Waals surface area contributed by atoms with E-state index in [4.69, 9.17) is 0 Å². The van der Waals surface area contributed by atoms with Crippen molar-refractivity contribution in [1.29, 1.82) is 0 Å². The lowest BCUT2D eigenvalue weighted by Gasteiger charge is -2.25. The number of amides is 1. The fourth-order valence-corrected chi connectivity index (χ4v) is 2.28. The van der Waals surface area contributed by atoms with Crippen LogP contribution in [0.15, 0.2) is 0 Å². The number of carbonyl (C=O) groups is 1. The van der Waals surface area contributed by atoms with Gasteiger partial charge in [-0.3, -0.25) is 4.79 Å². The van der Waals surface area contributed by atoms with Gasteiger partial charge in [0.25, 0.3) is 0 Å². The molecule has 0 aromatic carbocycles. The quantitative estimate of drug-likeness (QED) is 0.455. The van der Waals surface area contributed by atoms with Gasteiger partial charge in [-0.25, -0.2) is 0 Å². The highest BCUT2D eigenvalue weighted by atomic mass is 16.2.